The van der Waals surface area contributed by atoms with Gasteiger partial charge in [0.05, 0.1) is 5.56 Å². The van der Waals surface area contributed by atoms with Gasteiger partial charge in [-0.05, 0) is 70.1 Å². The maximum atomic E-state index is 12.5. The van der Waals surface area contributed by atoms with E-state index >= 15 is 0 Å². The van der Waals surface area contributed by atoms with Crippen LogP contribution in [0.3, 0.4) is 0 Å². The van der Waals surface area contributed by atoms with Crippen molar-refractivity contribution in [3.05, 3.63) is 35.4 Å². The largest absolute Gasteiger partial charge is 0.455 e. The molecule has 150 valence electrons. The van der Waals surface area contributed by atoms with Crippen LogP contribution in [-0.4, -0.2) is 42.3 Å². The van der Waals surface area contributed by atoms with Crippen molar-refractivity contribution in [3.63, 3.8) is 0 Å². The Bertz CT molecular complexity index is 595. The molecule has 1 fully saturated rings. The number of nitrogens with zero attached hydrogens (tertiary/aromatic N) is 1. The fourth-order valence-electron chi connectivity index (χ4n) is 3.41. The molecule has 2 atom stereocenters. The van der Waals surface area contributed by atoms with Crippen LogP contribution in [0.4, 0.5) is 4.79 Å². The fourth-order valence-corrected chi connectivity index (χ4v) is 3.41. The van der Waals surface area contributed by atoms with Crippen LogP contribution in [0, 0.1) is 0 Å². The third-order valence-electron chi connectivity index (χ3n) is 5.18. The van der Waals surface area contributed by atoms with Gasteiger partial charge in [-0.1, -0.05) is 25.5 Å². The number of hydrogen-bond acceptors (Lipinski definition) is 4. The first-order valence-electron chi connectivity index (χ1n) is 10.3. The second-order valence-electron chi connectivity index (χ2n) is 7.12. The lowest BCUT2D eigenvalue weighted by molar-refractivity contribution is -0.0497. The smallest absolute Gasteiger partial charge is 0.410 e. The van der Waals surface area contributed by atoms with Crippen molar-refractivity contribution in [1.29, 1.82) is 0 Å². The SMILES string of the molecule is CCCCc1ccc(C(=O)OC2CCCCC2OC(=O)N(CC)CC)cc1. The zero-order chi connectivity index (χ0) is 19.6. The van der Waals surface area contributed by atoms with Gasteiger partial charge in [-0.2, -0.15) is 0 Å². The van der Waals surface area contributed by atoms with E-state index in [0.717, 1.165) is 44.9 Å². The molecule has 5 nitrogen and oxygen atoms in total. The number of amides is 1. The Morgan fingerprint density at radius 2 is 1.56 bits per heavy atom. The van der Waals surface area contributed by atoms with Crippen molar-refractivity contribution in [2.24, 2.45) is 0 Å². The standard InChI is InChI=1S/C22H33NO4/c1-4-7-10-17-13-15-18(16-14-17)21(24)26-19-11-8-9-12-20(19)27-22(25)23(5-2)6-3/h13-16,19-20H,4-12H2,1-3H3. The number of hydrogen-bond donors (Lipinski definition) is 0. The minimum absolute atomic E-state index is 0.326. The number of carbonyl (C=O) groups excluding carboxylic acids is 2. The highest BCUT2D eigenvalue weighted by atomic mass is 16.6. The highest BCUT2D eigenvalue weighted by Gasteiger charge is 2.32. The summed E-state index contributed by atoms with van der Waals surface area (Å²) in [5, 5.41) is 0. The number of benzene rings is 1. The molecule has 0 spiro atoms. The molecule has 2 rings (SSSR count). The predicted molar refractivity (Wildman–Crippen MR) is 106 cm³/mol. The summed E-state index contributed by atoms with van der Waals surface area (Å²) in [5.41, 5.74) is 1.78. The van der Waals surface area contributed by atoms with Gasteiger partial charge in [-0.3, -0.25) is 0 Å². The van der Waals surface area contributed by atoms with Crippen LogP contribution in [0.25, 0.3) is 0 Å². The molecule has 27 heavy (non-hydrogen) atoms. The quantitative estimate of drug-likeness (QED) is 0.602. The molecule has 5 heteroatoms. The van der Waals surface area contributed by atoms with E-state index < -0.39 is 0 Å². The van der Waals surface area contributed by atoms with E-state index in [9.17, 15) is 9.59 Å². The van der Waals surface area contributed by atoms with Gasteiger partial charge in [0.25, 0.3) is 0 Å². The molecule has 0 bridgehead atoms. The van der Waals surface area contributed by atoms with Crippen LogP contribution in [0.15, 0.2) is 24.3 Å². The lowest BCUT2D eigenvalue weighted by Crippen LogP contribution is -2.41. The number of carbonyl (C=O) groups is 2. The summed E-state index contributed by atoms with van der Waals surface area (Å²) in [4.78, 5) is 26.4. The average Bonchev–Trinajstić information content (AvgIpc) is 2.69. The molecule has 2 unspecified atom stereocenters. The monoisotopic (exact) mass is 375 g/mol. The van der Waals surface area contributed by atoms with Gasteiger partial charge in [-0.15, -0.1) is 0 Å². The Kier molecular flexibility index (Phi) is 8.62. The normalized spacial score (nSPS) is 19.4. The molecule has 0 heterocycles. The molecule has 0 aromatic heterocycles. The lowest BCUT2D eigenvalue weighted by Gasteiger charge is -2.32. The van der Waals surface area contributed by atoms with Crippen molar-refractivity contribution in [3.8, 4) is 0 Å². The molecule has 0 radical (unpaired) electrons. The molecule has 0 saturated heterocycles. The van der Waals surface area contributed by atoms with E-state index in [4.69, 9.17) is 9.47 Å². The maximum Gasteiger partial charge on any atom is 0.410 e. The van der Waals surface area contributed by atoms with E-state index in [1.165, 1.54) is 5.56 Å². The minimum Gasteiger partial charge on any atom is -0.455 e. The van der Waals surface area contributed by atoms with Crippen molar-refractivity contribution in [2.45, 2.75) is 77.9 Å². The highest BCUT2D eigenvalue weighted by molar-refractivity contribution is 5.89. The van der Waals surface area contributed by atoms with Crippen LogP contribution in [0.2, 0.25) is 0 Å². The number of rotatable bonds is 8. The Morgan fingerprint density at radius 1 is 0.963 bits per heavy atom. The highest BCUT2D eigenvalue weighted by Crippen LogP contribution is 2.25. The van der Waals surface area contributed by atoms with E-state index in [2.05, 4.69) is 6.92 Å². The molecular formula is C22H33NO4. The first kappa shape index (κ1) is 21.3. The Hall–Kier alpha value is -2.04. The molecule has 0 N–H and O–H groups in total. The Morgan fingerprint density at radius 3 is 2.11 bits per heavy atom. The van der Waals surface area contributed by atoms with Gasteiger partial charge in [0, 0.05) is 13.1 Å². The zero-order valence-electron chi connectivity index (χ0n) is 16.9. The number of aryl methyl sites for hydroxylation is 1. The molecule has 1 aromatic carbocycles. The molecule has 0 aliphatic heterocycles. The van der Waals surface area contributed by atoms with Crippen molar-refractivity contribution in [2.75, 3.05) is 13.1 Å². The molecule has 1 aliphatic carbocycles. The molecule has 1 aromatic rings. The van der Waals surface area contributed by atoms with Crippen LogP contribution in [0.5, 0.6) is 0 Å². The van der Waals surface area contributed by atoms with Gasteiger partial charge >= 0.3 is 12.1 Å². The van der Waals surface area contributed by atoms with Crippen molar-refractivity contribution < 1.29 is 19.1 Å². The lowest BCUT2D eigenvalue weighted by atomic mass is 9.94. The third kappa shape index (κ3) is 6.26. The van der Waals surface area contributed by atoms with Gasteiger partial charge < -0.3 is 14.4 Å². The zero-order valence-corrected chi connectivity index (χ0v) is 16.9. The van der Waals surface area contributed by atoms with Gasteiger partial charge in [0.2, 0.25) is 0 Å². The van der Waals surface area contributed by atoms with Crippen LogP contribution in [0.1, 0.15) is 75.2 Å². The van der Waals surface area contributed by atoms with Gasteiger partial charge in [-0.25, -0.2) is 9.59 Å². The Labute approximate surface area is 163 Å². The minimum atomic E-state index is -0.370. The average molecular weight is 376 g/mol. The van der Waals surface area contributed by atoms with Gasteiger partial charge in [0.15, 0.2) is 0 Å². The number of unbranched alkanes of at least 4 members (excludes halogenated alkanes) is 1. The molecular weight excluding hydrogens is 342 g/mol. The van der Waals surface area contributed by atoms with Crippen molar-refractivity contribution >= 4 is 12.1 Å². The molecule has 1 saturated carbocycles. The van der Waals surface area contributed by atoms with E-state index in [1.54, 1.807) is 4.90 Å². The number of ether oxygens (including phenoxy) is 2. The van der Waals surface area contributed by atoms with Crippen LogP contribution >= 0.6 is 0 Å². The summed E-state index contributed by atoms with van der Waals surface area (Å²) in [6.07, 6.45) is 5.70. The second kappa shape index (κ2) is 11.0. The summed E-state index contributed by atoms with van der Waals surface area (Å²) in [5.74, 6) is -0.340. The summed E-state index contributed by atoms with van der Waals surface area (Å²) in [6, 6.07) is 7.64. The Balaban J connectivity index is 1.96. The molecule has 1 aliphatic rings. The van der Waals surface area contributed by atoms with E-state index in [-0.39, 0.29) is 24.3 Å². The molecule has 1 amide bonds. The fraction of sp³-hybridized carbons (Fsp3) is 0.636. The topological polar surface area (TPSA) is 55.8 Å². The van der Waals surface area contributed by atoms with Crippen LogP contribution < -0.4 is 0 Å². The second-order valence-corrected chi connectivity index (χ2v) is 7.12. The van der Waals surface area contributed by atoms with Crippen molar-refractivity contribution in [1.82, 2.24) is 4.90 Å². The first-order chi connectivity index (χ1) is 13.1. The summed E-state index contributed by atoms with van der Waals surface area (Å²) >= 11 is 0. The van der Waals surface area contributed by atoms with E-state index in [0.29, 0.717) is 18.7 Å². The maximum absolute atomic E-state index is 12.5. The summed E-state index contributed by atoms with van der Waals surface area (Å²) in [7, 11) is 0. The first-order valence-corrected chi connectivity index (χ1v) is 10.3. The third-order valence-corrected chi connectivity index (χ3v) is 5.18. The summed E-state index contributed by atoms with van der Waals surface area (Å²) in [6.45, 7) is 7.23. The summed E-state index contributed by atoms with van der Waals surface area (Å²) < 4.78 is 11.4. The number of esters is 1. The predicted octanol–water partition coefficient (Wildman–Crippen LogP) is 4.98. The van der Waals surface area contributed by atoms with E-state index in [1.807, 2.05) is 38.1 Å². The van der Waals surface area contributed by atoms with Gasteiger partial charge in [0.1, 0.15) is 12.2 Å². The van der Waals surface area contributed by atoms with Crippen LogP contribution in [-0.2, 0) is 15.9 Å².